The predicted molar refractivity (Wildman–Crippen MR) is 41.7 cm³/mol. The van der Waals surface area contributed by atoms with Crippen LogP contribution in [0.1, 0.15) is 13.3 Å². The lowest BCUT2D eigenvalue weighted by molar-refractivity contribution is 0.0660. The Labute approximate surface area is 69.4 Å². The molecular formula is C6H10N4O2. The van der Waals surface area contributed by atoms with E-state index in [1.165, 1.54) is 4.90 Å². The van der Waals surface area contributed by atoms with Crippen molar-refractivity contribution >= 4 is 6.09 Å². The maximum Gasteiger partial charge on any atom is 0.407 e. The first-order valence-electron chi connectivity index (χ1n) is 3.70. The van der Waals surface area contributed by atoms with Crippen LogP contribution in [0.3, 0.4) is 0 Å². The summed E-state index contributed by atoms with van der Waals surface area (Å²) in [6.07, 6.45) is -0.154. The molecule has 0 aromatic heterocycles. The Morgan fingerprint density at radius 3 is 2.92 bits per heavy atom. The number of likely N-dealkylation sites (tertiary alicyclic amines) is 1. The van der Waals surface area contributed by atoms with Crippen LogP contribution in [0.5, 0.6) is 0 Å². The quantitative estimate of drug-likeness (QED) is 0.386. The topological polar surface area (TPSA) is 89.3 Å². The number of nitrogens with zero attached hydrogens (tertiary/aromatic N) is 4. The molecule has 1 aliphatic heterocycles. The molecule has 6 nitrogen and oxygen atoms in total. The lowest BCUT2D eigenvalue weighted by Gasteiger charge is -2.40. The SMILES string of the molecule is CC(N=[N+]=[N-])[C@@H]1CCN1C(=O)O. The van der Waals surface area contributed by atoms with E-state index in [-0.39, 0.29) is 12.1 Å². The lowest BCUT2D eigenvalue weighted by atomic mass is 9.98. The largest absolute Gasteiger partial charge is 0.465 e. The van der Waals surface area contributed by atoms with E-state index in [1.807, 2.05) is 0 Å². The van der Waals surface area contributed by atoms with E-state index in [0.29, 0.717) is 6.54 Å². The second kappa shape index (κ2) is 3.32. The number of hydrogen-bond donors (Lipinski definition) is 1. The molecule has 12 heavy (non-hydrogen) atoms. The molecule has 1 N–H and O–H groups in total. The van der Waals surface area contributed by atoms with E-state index in [1.54, 1.807) is 6.92 Å². The van der Waals surface area contributed by atoms with E-state index >= 15 is 0 Å². The molecule has 1 saturated heterocycles. The highest BCUT2D eigenvalue weighted by Gasteiger charge is 2.35. The van der Waals surface area contributed by atoms with Crippen molar-refractivity contribution in [2.75, 3.05) is 6.54 Å². The molecule has 0 saturated carbocycles. The van der Waals surface area contributed by atoms with Crippen molar-refractivity contribution < 1.29 is 9.90 Å². The summed E-state index contributed by atoms with van der Waals surface area (Å²) in [6, 6.07) is -0.391. The lowest BCUT2D eigenvalue weighted by Crippen LogP contribution is -2.54. The summed E-state index contributed by atoms with van der Waals surface area (Å²) in [4.78, 5) is 14.4. The minimum absolute atomic E-state index is 0.126. The van der Waals surface area contributed by atoms with Crippen molar-refractivity contribution in [1.82, 2.24) is 4.90 Å². The number of rotatable bonds is 2. The first kappa shape index (κ1) is 8.67. The van der Waals surface area contributed by atoms with Crippen molar-refractivity contribution in [3.8, 4) is 0 Å². The van der Waals surface area contributed by atoms with Crippen molar-refractivity contribution in [2.45, 2.75) is 25.4 Å². The van der Waals surface area contributed by atoms with Gasteiger partial charge in [-0.1, -0.05) is 12.0 Å². The Hall–Kier alpha value is -1.42. The van der Waals surface area contributed by atoms with Gasteiger partial charge in [-0.25, -0.2) is 4.79 Å². The Bertz CT molecular complexity index is 232. The van der Waals surface area contributed by atoms with Gasteiger partial charge in [-0.15, -0.1) is 0 Å². The molecule has 6 heteroatoms. The van der Waals surface area contributed by atoms with Crippen LogP contribution in [0.25, 0.3) is 10.4 Å². The van der Waals surface area contributed by atoms with Gasteiger partial charge in [0.2, 0.25) is 0 Å². The molecule has 0 aliphatic carbocycles. The van der Waals surface area contributed by atoms with Gasteiger partial charge in [0, 0.05) is 17.5 Å². The van der Waals surface area contributed by atoms with Gasteiger partial charge in [-0.05, 0) is 12.0 Å². The summed E-state index contributed by atoms with van der Waals surface area (Å²) >= 11 is 0. The molecular weight excluding hydrogens is 160 g/mol. The van der Waals surface area contributed by atoms with Gasteiger partial charge in [0.05, 0.1) is 6.04 Å². The highest BCUT2D eigenvalue weighted by molar-refractivity contribution is 5.66. The average molecular weight is 170 g/mol. The number of carbonyl (C=O) groups is 1. The van der Waals surface area contributed by atoms with Crippen LogP contribution >= 0.6 is 0 Å². The standard InChI is InChI=1S/C6H10N4O2/c1-4(8-9-7)5-2-3-10(5)6(11)12/h4-5H,2-3H2,1H3,(H,11,12)/t4?,5-/m0/s1. The molecule has 0 spiro atoms. The average Bonchev–Trinajstić information content (AvgIpc) is 1.82. The highest BCUT2D eigenvalue weighted by Crippen LogP contribution is 2.22. The summed E-state index contributed by atoms with van der Waals surface area (Å²) in [7, 11) is 0. The monoisotopic (exact) mass is 170 g/mol. The molecule has 66 valence electrons. The number of amides is 1. The summed E-state index contributed by atoms with van der Waals surface area (Å²) in [5.74, 6) is 0. The molecule has 0 aromatic carbocycles. The van der Waals surface area contributed by atoms with Crippen LogP contribution in [0.2, 0.25) is 0 Å². The smallest absolute Gasteiger partial charge is 0.407 e. The third-order valence-corrected chi connectivity index (χ3v) is 2.10. The molecule has 0 aromatic rings. The van der Waals surface area contributed by atoms with Crippen LogP contribution in [0, 0.1) is 0 Å². The maximum absolute atomic E-state index is 10.5. The fourth-order valence-corrected chi connectivity index (χ4v) is 1.30. The second-order valence-electron chi connectivity index (χ2n) is 2.78. The van der Waals surface area contributed by atoms with Gasteiger partial charge >= 0.3 is 6.09 Å². The van der Waals surface area contributed by atoms with Crippen LogP contribution in [-0.4, -0.2) is 34.7 Å². The van der Waals surface area contributed by atoms with Crippen molar-refractivity contribution in [1.29, 1.82) is 0 Å². The fourth-order valence-electron chi connectivity index (χ4n) is 1.30. The minimum atomic E-state index is -0.939. The molecule has 0 radical (unpaired) electrons. The predicted octanol–water partition coefficient (Wildman–Crippen LogP) is 1.44. The molecule has 2 atom stereocenters. The first-order valence-corrected chi connectivity index (χ1v) is 3.70. The minimum Gasteiger partial charge on any atom is -0.465 e. The Balaban J connectivity index is 2.53. The first-order chi connectivity index (χ1) is 5.66. The summed E-state index contributed by atoms with van der Waals surface area (Å²) < 4.78 is 0. The molecule has 1 fully saturated rings. The van der Waals surface area contributed by atoms with Gasteiger partial charge < -0.3 is 10.0 Å². The zero-order chi connectivity index (χ0) is 9.14. The van der Waals surface area contributed by atoms with Crippen LogP contribution in [-0.2, 0) is 0 Å². The zero-order valence-electron chi connectivity index (χ0n) is 6.71. The van der Waals surface area contributed by atoms with Crippen LogP contribution < -0.4 is 0 Å². The van der Waals surface area contributed by atoms with E-state index in [2.05, 4.69) is 10.0 Å². The Kier molecular flexibility index (Phi) is 2.40. The molecule has 1 unspecified atom stereocenters. The summed E-state index contributed by atoms with van der Waals surface area (Å²) in [6.45, 7) is 2.27. The van der Waals surface area contributed by atoms with Crippen molar-refractivity contribution in [3.63, 3.8) is 0 Å². The number of hydrogen-bond acceptors (Lipinski definition) is 2. The van der Waals surface area contributed by atoms with Gasteiger partial charge in [-0.3, -0.25) is 0 Å². The number of carboxylic acid groups (broad SMARTS) is 1. The van der Waals surface area contributed by atoms with Gasteiger partial charge in [0.25, 0.3) is 0 Å². The normalized spacial score (nSPS) is 23.8. The third kappa shape index (κ3) is 1.43. The highest BCUT2D eigenvalue weighted by atomic mass is 16.4. The Morgan fingerprint density at radius 1 is 1.92 bits per heavy atom. The van der Waals surface area contributed by atoms with Crippen LogP contribution in [0.4, 0.5) is 4.79 Å². The van der Waals surface area contributed by atoms with Crippen molar-refractivity contribution in [3.05, 3.63) is 10.4 Å². The van der Waals surface area contributed by atoms with Gasteiger partial charge in [0.1, 0.15) is 0 Å². The summed E-state index contributed by atoms with van der Waals surface area (Å²) in [5, 5.41) is 12.1. The second-order valence-corrected chi connectivity index (χ2v) is 2.78. The fraction of sp³-hybridized carbons (Fsp3) is 0.833. The van der Waals surface area contributed by atoms with E-state index in [4.69, 9.17) is 10.6 Å². The molecule has 1 rings (SSSR count). The van der Waals surface area contributed by atoms with E-state index in [9.17, 15) is 4.79 Å². The molecule has 0 bridgehead atoms. The summed E-state index contributed by atoms with van der Waals surface area (Å²) in [5.41, 5.74) is 8.12. The van der Waals surface area contributed by atoms with Gasteiger partial charge in [-0.2, -0.15) is 0 Å². The third-order valence-electron chi connectivity index (χ3n) is 2.10. The van der Waals surface area contributed by atoms with E-state index < -0.39 is 6.09 Å². The van der Waals surface area contributed by atoms with E-state index in [0.717, 1.165) is 6.42 Å². The molecule has 1 aliphatic rings. The maximum atomic E-state index is 10.5. The zero-order valence-corrected chi connectivity index (χ0v) is 6.71. The number of azide groups is 1. The van der Waals surface area contributed by atoms with Gasteiger partial charge in [0.15, 0.2) is 0 Å². The molecule has 1 amide bonds. The Morgan fingerprint density at radius 2 is 2.58 bits per heavy atom. The van der Waals surface area contributed by atoms with Crippen molar-refractivity contribution in [2.24, 2.45) is 5.11 Å². The molecule has 1 heterocycles. The van der Waals surface area contributed by atoms with Crippen LogP contribution in [0.15, 0.2) is 5.11 Å².